The van der Waals surface area contributed by atoms with E-state index in [1.807, 2.05) is 26.1 Å². The van der Waals surface area contributed by atoms with Crippen molar-refractivity contribution in [3.05, 3.63) is 87.7 Å². The lowest BCUT2D eigenvalue weighted by Gasteiger charge is -2.38. The Balaban J connectivity index is 1.62. The van der Waals surface area contributed by atoms with Crippen LogP contribution in [0.1, 0.15) is 29.8 Å². The Morgan fingerprint density at radius 2 is 1.83 bits per heavy atom. The van der Waals surface area contributed by atoms with Gasteiger partial charge in [0.05, 0.1) is 33.2 Å². The number of carbonyl (C=O) groups is 1. The smallest absolute Gasteiger partial charge is 0.261 e. The van der Waals surface area contributed by atoms with Crippen molar-refractivity contribution in [1.82, 2.24) is 9.80 Å². The summed E-state index contributed by atoms with van der Waals surface area (Å²) >= 11 is 12.2. The van der Waals surface area contributed by atoms with Gasteiger partial charge in [-0.1, -0.05) is 36.2 Å². The lowest BCUT2D eigenvalue weighted by molar-refractivity contribution is 0.0341. The summed E-state index contributed by atoms with van der Waals surface area (Å²) in [6.07, 6.45) is -0.343. The van der Waals surface area contributed by atoms with Crippen LogP contribution in [0.25, 0.3) is 0 Å². The Morgan fingerprint density at radius 1 is 1.12 bits per heavy atom. The molecule has 0 spiro atoms. The highest BCUT2D eigenvalue weighted by Gasteiger charge is 2.33. The molecule has 0 saturated carbocycles. The van der Waals surface area contributed by atoms with E-state index in [1.54, 1.807) is 24.0 Å². The van der Waals surface area contributed by atoms with E-state index < -0.39 is 21.9 Å². The molecule has 1 heterocycles. The molecule has 8 nitrogen and oxygen atoms in total. The SMILES string of the molecule is C[C@@H]1CN([C@@H](C)CO)C(=O)c2cc(NS(=O)(=O)c3ccc(F)cc3)ccc2O[C@@H]1CN(C)Cc1ccc(Cl)c(Cl)c1. The van der Waals surface area contributed by atoms with Crippen molar-refractivity contribution in [2.24, 2.45) is 5.92 Å². The molecule has 0 radical (unpaired) electrons. The Labute approximate surface area is 249 Å². The minimum atomic E-state index is -4.04. The van der Waals surface area contributed by atoms with Gasteiger partial charge in [0.25, 0.3) is 15.9 Å². The minimum Gasteiger partial charge on any atom is -0.488 e. The van der Waals surface area contributed by atoms with Gasteiger partial charge in [0.15, 0.2) is 0 Å². The number of hydrogen-bond acceptors (Lipinski definition) is 6. The number of amides is 1. The maximum Gasteiger partial charge on any atom is 0.261 e. The molecule has 1 amide bonds. The maximum absolute atomic E-state index is 13.7. The predicted octanol–water partition coefficient (Wildman–Crippen LogP) is 5.29. The van der Waals surface area contributed by atoms with Crippen LogP contribution in [0.2, 0.25) is 10.0 Å². The minimum absolute atomic E-state index is 0.103. The summed E-state index contributed by atoms with van der Waals surface area (Å²) in [5.41, 5.74) is 1.28. The molecule has 1 aliphatic heterocycles. The first-order chi connectivity index (χ1) is 19.4. The number of halogens is 3. The largest absolute Gasteiger partial charge is 0.488 e. The molecule has 1 aliphatic rings. The topological polar surface area (TPSA) is 99.2 Å². The predicted molar refractivity (Wildman–Crippen MR) is 158 cm³/mol. The Kier molecular flexibility index (Phi) is 9.81. The summed E-state index contributed by atoms with van der Waals surface area (Å²) in [5.74, 6) is -0.750. The van der Waals surface area contributed by atoms with Crippen molar-refractivity contribution in [3.63, 3.8) is 0 Å². The van der Waals surface area contributed by atoms with Gasteiger partial charge in [-0.05, 0) is 74.1 Å². The van der Waals surface area contributed by atoms with Gasteiger partial charge in [-0.25, -0.2) is 12.8 Å². The molecular formula is C29H32Cl2FN3O5S. The normalized spacial score (nSPS) is 18.3. The molecule has 0 unspecified atom stereocenters. The van der Waals surface area contributed by atoms with E-state index in [2.05, 4.69) is 9.62 Å². The summed E-state index contributed by atoms with van der Waals surface area (Å²) in [6.45, 7) is 4.90. The first-order valence-corrected chi connectivity index (χ1v) is 15.2. The third kappa shape index (κ3) is 7.50. The number of likely N-dealkylation sites (N-methyl/N-ethyl adjacent to an activating group) is 1. The van der Waals surface area contributed by atoms with Crippen molar-refractivity contribution >= 4 is 44.8 Å². The fraction of sp³-hybridized carbons (Fsp3) is 0.345. The van der Waals surface area contributed by atoms with E-state index in [0.717, 1.165) is 29.8 Å². The highest BCUT2D eigenvalue weighted by molar-refractivity contribution is 7.92. The van der Waals surface area contributed by atoms with E-state index in [1.165, 1.54) is 12.1 Å². The number of aliphatic hydroxyl groups excluding tert-OH is 1. The number of aliphatic hydroxyl groups is 1. The number of anilines is 1. The number of carbonyl (C=O) groups excluding carboxylic acids is 1. The molecule has 0 fully saturated rings. The number of benzene rings is 3. The van der Waals surface area contributed by atoms with E-state index in [-0.39, 0.29) is 40.7 Å². The van der Waals surface area contributed by atoms with Gasteiger partial charge in [0.2, 0.25) is 0 Å². The van der Waals surface area contributed by atoms with Crippen molar-refractivity contribution in [1.29, 1.82) is 0 Å². The lowest BCUT2D eigenvalue weighted by atomic mass is 9.99. The van der Waals surface area contributed by atoms with Crippen molar-refractivity contribution in [3.8, 4) is 5.75 Å². The summed E-state index contributed by atoms with van der Waals surface area (Å²) in [6, 6.07) is 13.9. The zero-order valence-corrected chi connectivity index (χ0v) is 25.2. The van der Waals surface area contributed by atoms with E-state index in [9.17, 15) is 22.7 Å². The standard InChI is InChI=1S/C29H32Cl2FN3O5S/c1-18-14-35(19(2)17-36)29(37)24-13-22(33-41(38,39)23-8-5-21(32)6-9-23)7-11-27(24)40-28(18)16-34(3)15-20-4-10-25(30)26(31)12-20/h4-13,18-19,28,33,36H,14-17H2,1-3H3/t18-,19+,28-/m1/s1. The van der Waals surface area contributed by atoms with Crippen molar-refractivity contribution in [2.45, 2.75) is 37.4 Å². The van der Waals surface area contributed by atoms with E-state index in [0.29, 0.717) is 35.4 Å². The van der Waals surface area contributed by atoms with Crippen LogP contribution in [0.3, 0.4) is 0 Å². The number of sulfonamides is 1. The second-order valence-corrected chi connectivity index (χ2v) is 12.8. The van der Waals surface area contributed by atoms with Crippen LogP contribution in [0.15, 0.2) is 65.6 Å². The molecule has 220 valence electrons. The van der Waals surface area contributed by atoms with Gasteiger partial charge in [-0.2, -0.15) is 0 Å². The zero-order chi connectivity index (χ0) is 29.9. The quantitative estimate of drug-likeness (QED) is 0.336. The number of rotatable bonds is 9. The molecule has 12 heteroatoms. The number of nitrogens with zero attached hydrogens (tertiary/aromatic N) is 2. The molecule has 3 aromatic carbocycles. The highest BCUT2D eigenvalue weighted by Crippen LogP contribution is 2.32. The molecular weight excluding hydrogens is 592 g/mol. The molecule has 0 saturated heterocycles. The number of fused-ring (bicyclic) bond motifs is 1. The second kappa shape index (κ2) is 13.0. The summed E-state index contributed by atoms with van der Waals surface area (Å²) in [7, 11) is -2.09. The monoisotopic (exact) mass is 623 g/mol. The molecule has 4 rings (SSSR count). The Bertz CT molecular complexity index is 1510. The zero-order valence-electron chi connectivity index (χ0n) is 22.9. The van der Waals surface area contributed by atoms with E-state index in [4.69, 9.17) is 27.9 Å². The van der Waals surface area contributed by atoms with E-state index >= 15 is 0 Å². The molecule has 2 N–H and O–H groups in total. The first kappa shape index (κ1) is 31.1. The maximum atomic E-state index is 13.7. The van der Waals surface area contributed by atoms with Gasteiger partial charge < -0.3 is 14.7 Å². The number of nitrogens with one attached hydrogen (secondary N) is 1. The average molecular weight is 625 g/mol. The second-order valence-electron chi connectivity index (χ2n) is 10.3. The van der Waals surface area contributed by atoms with Crippen LogP contribution < -0.4 is 9.46 Å². The van der Waals surface area contributed by atoms with Crippen molar-refractivity contribution in [2.75, 3.05) is 31.5 Å². The van der Waals surface area contributed by atoms with Gasteiger partial charge in [0.1, 0.15) is 17.7 Å². The Hall–Kier alpha value is -2.89. The van der Waals surface area contributed by atoms with Gasteiger partial charge >= 0.3 is 0 Å². The fourth-order valence-electron chi connectivity index (χ4n) is 4.65. The van der Waals surface area contributed by atoms with Crippen LogP contribution in [-0.4, -0.2) is 68.1 Å². The first-order valence-electron chi connectivity index (χ1n) is 13.0. The summed E-state index contributed by atoms with van der Waals surface area (Å²) in [5, 5.41) is 10.9. The molecule has 3 atom stereocenters. The lowest BCUT2D eigenvalue weighted by Crippen LogP contribution is -2.49. The molecule has 0 aliphatic carbocycles. The third-order valence-corrected chi connectivity index (χ3v) is 9.11. The number of ether oxygens (including phenoxy) is 1. The molecule has 0 aromatic heterocycles. The van der Waals surface area contributed by atoms with Crippen molar-refractivity contribution < 1.29 is 27.4 Å². The van der Waals surface area contributed by atoms with Crippen LogP contribution in [0.4, 0.5) is 10.1 Å². The van der Waals surface area contributed by atoms with Gasteiger partial charge in [0, 0.05) is 31.2 Å². The average Bonchev–Trinajstić information content (AvgIpc) is 2.92. The fourth-order valence-corrected chi connectivity index (χ4v) is 6.02. The highest BCUT2D eigenvalue weighted by atomic mass is 35.5. The summed E-state index contributed by atoms with van der Waals surface area (Å²) in [4.78, 5) is 17.2. The van der Waals surface area contributed by atoms with Crippen LogP contribution in [0.5, 0.6) is 5.75 Å². The molecule has 41 heavy (non-hydrogen) atoms. The Morgan fingerprint density at radius 3 is 2.49 bits per heavy atom. The van der Waals surface area contributed by atoms with Crippen LogP contribution in [-0.2, 0) is 16.6 Å². The third-order valence-electron chi connectivity index (χ3n) is 6.97. The van der Waals surface area contributed by atoms with Gasteiger partial charge in [-0.15, -0.1) is 0 Å². The molecule has 3 aromatic rings. The van der Waals surface area contributed by atoms with Crippen LogP contribution in [0, 0.1) is 11.7 Å². The van der Waals surface area contributed by atoms with Gasteiger partial charge in [-0.3, -0.25) is 14.4 Å². The molecule has 0 bridgehead atoms. The summed E-state index contributed by atoms with van der Waals surface area (Å²) < 4.78 is 48.0. The van der Waals surface area contributed by atoms with Crippen LogP contribution >= 0.6 is 23.2 Å². The number of hydrogen-bond donors (Lipinski definition) is 2.